The van der Waals surface area contributed by atoms with Gasteiger partial charge in [0.1, 0.15) is 0 Å². The molecule has 3 rings (SSSR count). The van der Waals surface area contributed by atoms with Crippen molar-refractivity contribution in [2.45, 2.75) is 26.2 Å². The van der Waals surface area contributed by atoms with Crippen LogP contribution in [-0.2, 0) is 12.8 Å². The van der Waals surface area contributed by atoms with Crippen LogP contribution < -0.4 is 0 Å². The Bertz CT molecular complexity index is 533. The fraction of sp³-hybridized carbons (Fsp3) is 0.455. The van der Waals surface area contributed by atoms with Crippen LogP contribution in [-0.4, -0.2) is 25.0 Å². The van der Waals surface area contributed by atoms with Gasteiger partial charge < -0.3 is 0 Å². The minimum atomic E-state index is -0.448. The molecule has 0 aliphatic heterocycles. The van der Waals surface area contributed by atoms with Crippen molar-refractivity contribution in [1.29, 1.82) is 0 Å². The Morgan fingerprint density at radius 2 is 2.12 bits per heavy atom. The van der Waals surface area contributed by atoms with Gasteiger partial charge in [0, 0.05) is 0 Å². The summed E-state index contributed by atoms with van der Waals surface area (Å²) in [4.78, 5) is 7.86. The Hall–Kier alpha value is -1.85. The lowest BCUT2D eigenvalue weighted by Gasteiger charge is -2.17. The van der Waals surface area contributed by atoms with E-state index >= 15 is 0 Å². The molecular weight excluding hydrogens is 221 g/mol. The molecule has 0 bridgehead atoms. The zero-order chi connectivity index (χ0) is 11.8. The van der Waals surface area contributed by atoms with E-state index in [1.165, 1.54) is 0 Å². The molecule has 0 spiro atoms. The molecule has 0 saturated carbocycles. The minimum Gasteiger partial charge on any atom is -0.217 e. The van der Waals surface area contributed by atoms with Crippen LogP contribution in [0.2, 0.25) is 0 Å². The van der Waals surface area contributed by atoms with E-state index in [0.29, 0.717) is 11.9 Å². The van der Waals surface area contributed by atoms with E-state index in [9.17, 15) is 4.39 Å². The maximum atomic E-state index is 12.8. The molecule has 2 heterocycles. The predicted molar refractivity (Wildman–Crippen MR) is 58.1 cm³/mol. The van der Waals surface area contributed by atoms with E-state index in [-0.39, 0.29) is 0 Å². The van der Waals surface area contributed by atoms with Gasteiger partial charge in [-0.05, 0) is 25.2 Å². The normalized spacial score (nSPS) is 19.1. The van der Waals surface area contributed by atoms with Crippen LogP contribution in [0.4, 0.5) is 4.39 Å². The van der Waals surface area contributed by atoms with Crippen molar-refractivity contribution in [1.82, 2.24) is 25.0 Å². The maximum absolute atomic E-state index is 12.8. The Kier molecular flexibility index (Phi) is 2.35. The van der Waals surface area contributed by atoms with Crippen molar-refractivity contribution in [3.05, 3.63) is 29.6 Å². The van der Waals surface area contributed by atoms with Crippen molar-refractivity contribution in [3.8, 4) is 5.95 Å². The lowest BCUT2D eigenvalue weighted by molar-refractivity contribution is 0.484. The van der Waals surface area contributed by atoms with Gasteiger partial charge in [-0.1, -0.05) is 12.1 Å². The van der Waals surface area contributed by atoms with E-state index in [0.717, 1.165) is 43.0 Å². The topological polar surface area (TPSA) is 56.5 Å². The summed E-state index contributed by atoms with van der Waals surface area (Å²) < 4.78 is 14.4. The first-order chi connectivity index (χ1) is 8.24. The second-order valence-electron chi connectivity index (χ2n) is 4.44. The molecule has 0 aromatic carbocycles. The van der Waals surface area contributed by atoms with Crippen LogP contribution in [0.5, 0.6) is 0 Å². The molecule has 0 amide bonds. The van der Waals surface area contributed by atoms with Gasteiger partial charge in [0.2, 0.25) is 0 Å². The molecule has 2 aromatic rings. The summed E-state index contributed by atoms with van der Waals surface area (Å²) in [6.07, 6.45) is 5.28. The van der Waals surface area contributed by atoms with Crippen molar-refractivity contribution in [2.24, 2.45) is 5.92 Å². The summed E-state index contributed by atoms with van der Waals surface area (Å²) in [6.45, 7) is 2.20. The first-order valence-corrected chi connectivity index (χ1v) is 5.65. The van der Waals surface area contributed by atoms with Gasteiger partial charge in [-0.15, -0.1) is 5.10 Å². The van der Waals surface area contributed by atoms with Gasteiger partial charge in [-0.25, -0.2) is 14.4 Å². The second-order valence-corrected chi connectivity index (χ2v) is 4.44. The van der Waals surface area contributed by atoms with Gasteiger partial charge in [-0.2, -0.15) is 4.68 Å². The first kappa shape index (κ1) is 10.3. The number of nitrogens with zero attached hydrogens (tertiary/aromatic N) is 5. The second kappa shape index (κ2) is 3.87. The standard InChI is InChI=1S/C11H12FN5/c1-7-2-3-9-10(4-7)17(16-15-9)11-13-5-8(12)6-14-11/h5-7H,2-4H2,1H3/t7-/m1/s1. The highest BCUT2D eigenvalue weighted by Gasteiger charge is 2.22. The van der Waals surface area contributed by atoms with E-state index in [1.807, 2.05) is 0 Å². The number of aryl methyl sites for hydroxylation is 1. The van der Waals surface area contributed by atoms with E-state index in [4.69, 9.17) is 0 Å². The minimum absolute atomic E-state index is 0.384. The third-order valence-corrected chi connectivity index (χ3v) is 3.06. The highest BCUT2D eigenvalue weighted by molar-refractivity contribution is 5.22. The molecule has 6 heteroatoms. The van der Waals surface area contributed by atoms with Crippen molar-refractivity contribution in [3.63, 3.8) is 0 Å². The Labute approximate surface area is 97.7 Å². The van der Waals surface area contributed by atoms with Crippen molar-refractivity contribution < 1.29 is 4.39 Å². The highest BCUT2D eigenvalue weighted by Crippen LogP contribution is 2.24. The van der Waals surface area contributed by atoms with Crippen LogP contribution in [0.15, 0.2) is 12.4 Å². The lowest BCUT2D eigenvalue weighted by atomic mass is 9.91. The number of halogens is 1. The molecule has 1 aliphatic carbocycles. The highest BCUT2D eigenvalue weighted by atomic mass is 19.1. The molecule has 0 radical (unpaired) electrons. The number of hydrogen-bond acceptors (Lipinski definition) is 4. The predicted octanol–water partition coefficient (Wildman–Crippen LogP) is 1.32. The zero-order valence-electron chi connectivity index (χ0n) is 9.47. The number of hydrogen-bond donors (Lipinski definition) is 0. The molecule has 1 atom stereocenters. The van der Waals surface area contributed by atoms with Gasteiger partial charge in [0.25, 0.3) is 5.95 Å². The van der Waals surface area contributed by atoms with E-state index in [1.54, 1.807) is 4.68 Å². The van der Waals surface area contributed by atoms with Crippen molar-refractivity contribution >= 4 is 0 Å². The summed E-state index contributed by atoms with van der Waals surface area (Å²) in [5, 5.41) is 8.18. The molecular formula is C11H12FN5. The largest absolute Gasteiger partial charge is 0.252 e. The van der Waals surface area contributed by atoms with Gasteiger partial charge in [0.15, 0.2) is 5.82 Å². The van der Waals surface area contributed by atoms with Crippen LogP contribution in [0.25, 0.3) is 5.95 Å². The molecule has 5 nitrogen and oxygen atoms in total. The monoisotopic (exact) mass is 233 g/mol. The lowest BCUT2D eigenvalue weighted by Crippen LogP contribution is -2.15. The van der Waals surface area contributed by atoms with Crippen LogP contribution >= 0.6 is 0 Å². The van der Waals surface area contributed by atoms with Crippen LogP contribution in [0.1, 0.15) is 24.7 Å². The molecule has 0 unspecified atom stereocenters. The zero-order valence-corrected chi connectivity index (χ0v) is 9.47. The van der Waals surface area contributed by atoms with Crippen molar-refractivity contribution in [2.75, 3.05) is 0 Å². The summed E-state index contributed by atoms with van der Waals surface area (Å²) in [6, 6.07) is 0. The number of rotatable bonds is 1. The SMILES string of the molecule is C[C@@H]1CCc2nnn(-c3ncc(F)cn3)c2C1. The molecule has 0 fully saturated rings. The number of aromatic nitrogens is 5. The first-order valence-electron chi connectivity index (χ1n) is 5.65. The third kappa shape index (κ3) is 1.79. The Balaban J connectivity index is 2.04. The maximum Gasteiger partial charge on any atom is 0.252 e. The number of fused-ring (bicyclic) bond motifs is 1. The van der Waals surface area contributed by atoms with E-state index < -0.39 is 5.82 Å². The average Bonchev–Trinajstić information content (AvgIpc) is 2.73. The van der Waals surface area contributed by atoms with Crippen LogP contribution in [0.3, 0.4) is 0 Å². The molecule has 1 aliphatic rings. The van der Waals surface area contributed by atoms with Gasteiger partial charge >= 0.3 is 0 Å². The summed E-state index contributed by atoms with van der Waals surface area (Å²) >= 11 is 0. The quantitative estimate of drug-likeness (QED) is 0.745. The molecule has 2 aromatic heterocycles. The van der Waals surface area contributed by atoms with Crippen LogP contribution in [0, 0.1) is 11.7 Å². The Morgan fingerprint density at radius 3 is 2.88 bits per heavy atom. The Morgan fingerprint density at radius 1 is 1.35 bits per heavy atom. The van der Waals surface area contributed by atoms with Gasteiger partial charge in [0.05, 0.1) is 23.8 Å². The summed E-state index contributed by atoms with van der Waals surface area (Å²) in [5.41, 5.74) is 2.06. The summed E-state index contributed by atoms with van der Waals surface area (Å²) in [7, 11) is 0. The fourth-order valence-corrected chi connectivity index (χ4v) is 2.12. The summed E-state index contributed by atoms with van der Waals surface area (Å²) in [5.74, 6) is 0.547. The van der Waals surface area contributed by atoms with Gasteiger partial charge in [-0.3, -0.25) is 0 Å². The molecule has 17 heavy (non-hydrogen) atoms. The average molecular weight is 233 g/mol. The smallest absolute Gasteiger partial charge is 0.217 e. The van der Waals surface area contributed by atoms with E-state index in [2.05, 4.69) is 27.2 Å². The third-order valence-electron chi connectivity index (χ3n) is 3.06. The fourth-order valence-electron chi connectivity index (χ4n) is 2.12. The molecule has 0 saturated heterocycles. The molecule has 0 N–H and O–H groups in total. The molecule has 88 valence electrons.